The van der Waals surface area contributed by atoms with Gasteiger partial charge in [0.1, 0.15) is 18.2 Å². The minimum absolute atomic E-state index is 0.101. The highest BCUT2D eigenvalue weighted by molar-refractivity contribution is 5.87. The molecule has 7 nitrogen and oxygen atoms in total. The van der Waals surface area contributed by atoms with E-state index in [0.717, 1.165) is 16.7 Å². The minimum Gasteiger partial charge on any atom is -0.463 e. The Labute approximate surface area is 194 Å². The number of carbonyl (C=O) groups is 3. The Morgan fingerprint density at radius 3 is 2.21 bits per heavy atom. The van der Waals surface area contributed by atoms with Gasteiger partial charge in [-0.25, -0.2) is 14.4 Å². The Balaban J connectivity index is 2.07. The maximum absolute atomic E-state index is 12.8. The van der Waals surface area contributed by atoms with Gasteiger partial charge in [-0.2, -0.15) is 0 Å². The molecule has 0 fully saturated rings. The number of alkyl carbamates (subject to hydrolysis) is 1. The topological polar surface area (TPSA) is 90.9 Å². The molecule has 0 bridgehead atoms. The molecule has 7 heteroatoms. The molecule has 2 aromatic carbocycles. The Kier molecular flexibility index (Phi) is 9.66. The second-order valence-corrected chi connectivity index (χ2v) is 8.32. The first-order valence-electron chi connectivity index (χ1n) is 10.8. The van der Waals surface area contributed by atoms with Crippen LogP contribution in [0, 0.1) is 0 Å². The second-order valence-electron chi connectivity index (χ2n) is 8.32. The van der Waals surface area contributed by atoms with Crippen molar-refractivity contribution in [2.24, 2.45) is 0 Å². The van der Waals surface area contributed by atoms with Crippen molar-refractivity contribution in [3.63, 3.8) is 0 Å². The fourth-order valence-corrected chi connectivity index (χ4v) is 2.83. The van der Waals surface area contributed by atoms with E-state index in [1.165, 1.54) is 6.08 Å². The average Bonchev–Trinajstić information content (AvgIpc) is 2.76. The summed E-state index contributed by atoms with van der Waals surface area (Å²) in [4.78, 5) is 36.5. The van der Waals surface area contributed by atoms with E-state index in [1.807, 2.05) is 54.6 Å². The Morgan fingerprint density at radius 2 is 1.61 bits per heavy atom. The fourth-order valence-electron chi connectivity index (χ4n) is 2.83. The van der Waals surface area contributed by atoms with E-state index in [0.29, 0.717) is 6.61 Å². The van der Waals surface area contributed by atoms with Crippen LogP contribution in [0.25, 0.3) is 6.08 Å². The van der Waals surface area contributed by atoms with E-state index in [1.54, 1.807) is 33.8 Å². The van der Waals surface area contributed by atoms with Gasteiger partial charge in [0.05, 0.1) is 6.61 Å². The molecule has 0 aliphatic rings. The summed E-state index contributed by atoms with van der Waals surface area (Å²) in [5, 5.41) is 2.62. The van der Waals surface area contributed by atoms with Gasteiger partial charge < -0.3 is 19.5 Å². The summed E-state index contributed by atoms with van der Waals surface area (Å²) < 4.78 is 15.6. The SMILES string of the molecule is CCOC(=O)/C=C/c1ccc(CC(NC(=O)OC(C)(C)C)C(=O)OCc2ccccc2)cc1. The first kappa shape index (κ1) is 25.6. The first-order chi connectivity index (χ1) is 15.7. The van der Waals surface area contributed by atoms with E-state index in [4.69, 9.17) is 14.2 Å². The molecule has 0 aromatic heterocycles. The first-order valence-corrected chi connectivity index (χ1v) is 10.8. The summed E-state index contributed by atoms with van der Waals surface area (Å²) in [5.41, 5.74) is 1.76. The van der Waals surface area contributed by atoms with Crippen LogP contribution in [0.2, 0.25) is 0 Å². The van der Waals surface area contributed by atoms with Crippen molar-refractivity contribution in [2.45, 2.75) is 52.4 Å². The number of ether oxygens (including phenoxy) is 3. The van der Waals surface area contributed by atoms with Gasteiger partial charge in [-0.15, -0.1) is 0 Å². The second kappa shape index (κ2) is 12.4. The number of carbonyl (C=O) groups excluding carboxylic acids is 3. The van der Waals surface area contributed by atoms with Crippen LogP contribution in [0.4, 0.5) is 4.79 Å². The molecule has 2 aromatic rings. The van der Waals surface area contributed by atoms with Crippen molar-refractivity contribution in [3.8, 4) is 0 Å². The number of hydrogen-bond acceptors (Lipinski definition) is 6. The number of nitrogens with one attached hydrogen (secondary N) is 1. The van der Waals surface area contributed by atoms with Gasteiger partial charge in [0, 0.05) is 12.5 Å². The maximum atomic E-state index is 12.8. The third-order valence-corrected chi connectivity index (χ3v) is 4.32. The van der Waals surface area contributed by atoms with Crippen molar-refractivity contribution in [2.75, 3.05) is 6.61 Å². The zero-order chi connectivity index (χ0) is 24.3. The third-order valence-electron chi connectivity index (χ3n) is 4.32. The lowest BCUT2D eigenvalue weighted by Gasteiger charge is -2.23. The van der Waals surface area contributed by atoms with Crippen LogP contribution in [0.1, 0.15) is 44.4 Å². The standard InChI is InChI=1S/C26H31NO6/c1-5-31-23(28)16-15-19-11-13-20(14-12-19)17-22(27-25(30)33-26(2,3)4)24(29)32-18-21-9-7-6-8-10-21/h6-16,22H,5,17-18H2,1-4H3,(H,27,30)/b16-15+. The van der Waals surface area contributed by atoms with Gasteiger partial charge in [0.25, 0.3) is 0 Å². The molecule has 2 rings (SSSR count). The molecule has 0 saturated heterocycles. The molecule has 1 amide bonds. The lowest BCUT2D eigenvalue weighted by molar-refractivity contribution is -0.147. The normalized spacial score (nSPS) is 12.1. The molecule has 0 aliphatic carbocycles. The number of benzene rings is 2. The van der Waals surface area contributed by atoms with Crippen LogP contribution in [0.3, 0.4) is 0 Å². The summed E-state index contributed by atoms with van der Waals surface area (Å²) >= 11 is 0. The van der Waals surface area contributed by atoms with Crippen LogP contribution in [-0.4, -0.2) is 36.3 Å². The smallest absolute Gasteiger partial charge is 0.408 e. The zero-order valence-electron chi connectivity index (χ0n) is 19.5. The summed E-state index contributed by atoms with van der Waals surface area (Å²) in [7, 11) is 0. The van der Waals surface area contributed by atoms with E-state index in [2.05, 4.69) is 5.32 Å². The van der Waals surface area contributed by atoms with Crippen molar-refractivity contribution in [1.82, 2.24) is 5.32 Å². The number of hydrogen-bond donors (Lipinski definition) is 1. The molecule has 0 heterocycles. The highest BCUT2D eigenvalue weighted by Gasteiger charge is 2.26. The summed E-state index contributed by atoms with van der Waals surface area (Å²) in [6, 6.07) is 15.6. The van der Waals surface area contributed by atoms with E-state index in [9.17, 15) is 14.4 Å². The van der Waals surface area contributed by atoms with Gasteiger partial charge >= 0.3 is 18.0 Å². The van der Waals surface area contributed by atoms with Crippen molar-refractivity contribution in [1.29, 1.82) is 0 Å². The molecule has 1 atom stereocenters. The van der Waals surface area contributed by atoms with Crippen molar-refractivity contribution in [3.05, 3.63) is 77.4 Å². The highest BCUT2D eigenvalue weighted by atomic mass is 16.6. The average molecular weight is 454 g/mol. The molecule has 0 saturated carbocycles. The molecule has 176 valence electrons. The van der Waals surface area contributed by atoms with Crippen LogP contribution >= 0.6 is 0 Å². The molecule has 0 radical (unpaired) electrons. The predicted molar refractivity (Wildman–Crippen MR) is 125 cm³/mol. The maximum Gasteiger partial charge on any atom is 0.408 e. The minimum atomic E-state index is -0.926. The zero-order valence-corrected chi connectivity index (χ0v) is 19.5. The third kappa shape index (κ3) is 10.0. The van der Waals surface area contributed by atoms with E-state index in [-0.39, 0.29) is 13.0 Å². The number of amides is 1. The van der Waals surface area contributed by atoms with Crippen molar-refractivity contribution < 1.29 is 28.6 Å². The summed E-state index contributed by atoms with van der Waals surface area (Å²) in [5.74, 6) is -0.972. The van der Waals surface area contributed by atoms with Crippen LogP contribution in [-0.2, 0) is 36.8 Å². The fraction of sp³-hybridized carbons (Fsp3) is 0.346. The van der Waals surface area contributed by atoms with Gasteiger partial charge in [0.15, 0.2) is 0 Å². The lowest BCUT2D eigenvalue weighted by atomic mass is 10.0. The Bertz CT molecular complexity index is 945. The lowest BCUT2D eigenvalue weighted by Crippen LogP contribution is -2.45. The Morgan fingerprint density at radius 1 is 0.939 bits per heavy atom. The quantitative estimate of drug-likeness (QED) is 0.343. The van der Waals surface area contributed by atoms with E-state index < -0.39 is 29.7 Å². The van der Waals surface area contributed by atoms with Gasteiger partial charge in [-0.1, -0.05) is 54.6 Å². The largest absolute Gasteiger partial charge is 0.463 e. The summed E-state index contributed by atoms with van der Waals surface area (Å²) in [6.07, 6.45) is 2.52. The van der Waals surface area contributed by atoms with Gasteiger partial charge in [-0.05, 0) is 50.5 Å². The Hall–Kier alpha value is -3.61. The molecule has 33 heavy (non-hydrogen) atoms. The van der Waals surface area contributed by atoms with E-state index >= 15 is 0 Å². The monoisotopic (exact) mass is 453 g/mol. The molecule has 0 spiro atoms. The molecule has 1 N–H and O–H groups in total. The predicted octanol–water partition coefficient (Wildman–Crippen LogP) is 4.44. The molecule has 0 aliphatic heterocycles. The number of rotatable bonds is 9. The highest BCUT2D eigenvalue weighted by Crippen LogP contribution is 2.12. The van der Waals surface area contributed by atoms with Crippen LogP contribution < -0.4 is 5.32 Å². The van der Waals surface area contributed by atoms with Crippen LogP contribution in [0.5, 0.6) is 0 Å². The van der Waals surface area contributed by atoms with Crippen molar-refractivity contribution >= 4 is 24.1 Å². The van der Waals surface area contributed by atoms with Crippen LogP contribution in [0.15, 0.2) is 60.7 Å². The summed E-state index contributed by atoms with van der Waals surface area (Å²) in [6.45, 7) is 7.40. The molecular weight excluding hydrogens is 422 g/mol. The van der Waals surface area contributed by atoms with Gasteiger partial charge in [-0.3, -0.25) is 0 Å². The number of esters is 2. The molecule has 1 unspecified atom stereocenters. The van der Waals surface area contributed by atoms with Gasteiger partial charge in [0.2, 0.25) is 0 Å². The molecular formula is C26H31NO6.